The van der Waals surface area contributed by atoms with Crippen molar-refractivity contribution in [3.8, 4) is 0 Å². The molecular formula is C15H19N3O2. The van der Waals surface area contributed by atoms with Gasteiger partial charge in [-0.2, -0.15) is 5.10 Å². The van der Waals surface area contributed by atoms with Crippen LogP contribution in [0.25, 0.3) is 10.9 Å². The average molecular weight is 273 g/mol. The van der Waals surface area contributed by atoms with E-state index >= 15 is 0 Å². The van der Waals surface area contributed by atoms with Gasteiger partial charge >= 0.3 is 5.97 Å². The zero-order chi connectivity index (χ0) is 14.5. The summed E-state index contributed by atoms with van der Waals surface area (Å²) >= 11 is 0. The quantitative estimate of drug-likeness (QED) is 0.785. The lowest BCUT2D eigenvalue weighted by molar-refractivity contribution is -0.138. The van der Waals surface area contributed by atoms with Crippen molar-refractivity contribution in [2.45, 2.75) is 20.0 Å². The normalized spacial score (nSPS) is 11.1. The number of carboxylic acid groups (broad SMARTS) is 1. The van der Waals surface area contributed by atoms with E-state index in [1.807, 2.05) is 40.8 Å². The van der Waals surface area contributed by atoms with Crippen LogP contribution in [0.4, 0.5) is 0 Å². The molecule has 5 nitrogen and oxygen atoms in total. The first-order chi connectivity index (χ1) is 9.65. The lowest BCUT2D eigenvalue weighted by Gasteiger charge is -2.16. The molecule has 1 N–H and O–H groups in total. The molecule has 0 atom stereocenters. The third kappa shape index (κ3) is 3.05. The minimum absolute atomic E-state index is 0.0146. The summed E-state index contributed by atoms with van der Waals surface area (Å²) in [5.41, 5.74) is 1.99. The Morgan fingerprint density at radius 3 is 2.90 bits per heavy atom. The predicted molar refractivity (Wildman–Crippen MR) is 78.5 cm³/mol. The van der Waals surface area contributed by atoms with Crippen LogP contribution in [0.1, 0.15) is 12.6 Å². The van der Waals surface area contributed by atoms with Gasteiger partial charge in [0.05, 0.1) is 17.8 Å². The van der Waals surface area contributed by atoms with E-state index in [2.05, 4.69) is 11.7 Å². The summed E-state index contributed by atoms with van der Waals surface area (Å²) in [6.07, 6.45) is 1.71. The number of hydrogen-bond donors (Lipinski definition) is 1. The fraction of sp³-hybridized carbons (Fsp3) is 0.333. The molecule has 1 aromatic carbocycles. The highest BCUT2D eigenvalue weighted by atomic mass is 16.4. The fourth-order valence-electron chi connectivity index (χ4n) is 2.32. The Bertz CT molecular complexity index is 619. The third-order valence-electron chi connectivity index (χ3n) is 3.15. The number of aromatic nitrogens is 2. The zero-order valence-electron chi connectivity index (χ0n) is 11.6. The van der Waals surface area contributed by atoms with Crippen LogP contribution in [0, 0.1) is 0 Å². The van der Waals surface area contributed by atoms with Gasteiger partial charge in [-0.25, -0.2) is 0 Å². The Morgan fingerprint density at radius 1 is 1.50 bits per heavy atom. The molecule has 5 heteroatoms. The summed E-state index contributed by atoms with van der Waals surface area (Å²) in [5.74, 6) is -0.842. The molecule has 1 aromatic heterocycles. The van der Waals surface area contributed by atoms with Crippen molar-refractivity contribution >= 4 is 16.9 Å². The largest absolute Gasteiger partial charge is 0.480 e. The van der Waals surface area contributed by atoms with E-state index in [1.165, 1.54) is 0 Å². The van der Waals surface area contributed by atoms with E-state index in [4.69, 9.17) is 5.11 Å². The molecule has 2 rings (SSSR count). The monoisotopic (exact) mass is 273 g/mol. The van der Waals surface area contributed by atoms with E-state index in [0.717, 1.165) is 23.1 Å². The van der Waals surface area contributed by atoms with Gasteiger partial charge in [0, 0.05) is 25.0 Å². The molecule has 0 saturated heterocycles. The van der Waals surface area contributed by atoms with Gasteiger partial charge in [-0.05, 0) is 13.0 Å². The van der Waals surface area contributed by atoms with Gasteiger partial charge in [0.25, 0.3) is 0 Å². The van der Waals surface area contributed by atoms with Crippen molar-refractivity contribution in [1.82, 2.24) is 14.7 Å². The number of benzene rings is 1. The lowest BCUT2D eigenvalue weighted by atomic mass is 10.2. The molecule has 2 aromatic rings. The molecule has 0 bridgehead atoms. The highest BCUT2D eigenvalue weighted by Crippen LogP contribution is 2.19. The van der Waals surface area contributed by atoms with Crippen LogP contribution in [0.3, 0.4) is 0 Å². The molecule has 0 fully saturated rings. The van der Waals surface area contributed by atoms with Crippen molar-refractivity contribution in [2.75, 3.05) is 13.1 Å². The van der Waals surface area contributed by atoms with Crippen molar-refractivity contribution in [3.63, 3.8) is 0 Å². The molecule has 20 heavy (non-hydrogen) atoms. The average Bonchev–Trinajstić information content (AvgIpc) is 2.77. The minimum atomic E-state index is -0.842. The zero-order valence-corrected chi connectivity index (χ0v) is 11.6. The van der Waals surface area contributed by atoms with Crippen molar-refractivity contribution in [3.05, 3.63) is 42.6 Å². The highest BCUT2D eigenvalue weighted by molar-refractivity contribution is 5.82. The first-order valence-electron chi connectivity index (χ1n) is 6.65. The van der Waals surface area contributed by atoms with Crippen LogP contribution in [-0.2, 0) is 17.9 Å². The molecule has 0 aliphatic heterocycles. The van der Waals surface area contributed by atoms with Gasteiger partial charge in [-0.1, -0.05) is 24.3 Å². The summed E-state index contributed by atoms with van der Waals surface area (Å²) in [6, 6.07) is 8.02. The van der Waals surface area contributed by atoms with Crippen LogP contribution in [0.2, 0.25) is 0 Å². The standard InChI is InChI=1S/C15H19N3O2/c1-3-9-17(11-15(19)20)10-13-12-7-5-6-8-14(12)18(4-2)16-13/h3,5-8H,1,4,9-11H2,2H3,(H,19,20). The van der Waals surface area contributed by atoms with Crippen molar-refractivity contribution < 1.29 is 9.90 Å². The molecule has 0 spiro atoms. The van der Waals surface area contributed by atoms with E-state index in [9.17, 15) is 4.79 Å². The van der Waals surface area contributed by atoms with E-state index in [1.54, 1.807) is 6.08 Å². The van der Waals surface area contributed by atoms with Crippen LogP contribution < -0.4 is 0 Å². The Kier molecular flexibility index (Phi) is 4.53. The molecule has 1 heterocycles. The third-order valence-corrected chi connectivity index (χ3v) is 3.15. The molecule has 0 aliphatic rings. The summed E-state index contributed by atoms with van der Waals surface area (Å²) in [6.45, 7) is 7.53. The summed E-state index contributed by atoms with van der Waals surface area (Å²) in [5, 5.41) is 14.6. The first-order valence-corrected chi connectivity index (χ1v) is 6.65. The number of nitrogens with zero attached hydrogens (tertiary/aromatic N) is 3. The number of carbonyl (C=O) groups is 1. The predicted octanol–water partition coefficient (Wildman–Crippen LogP) is 2.13. The minimum Gasteiger partial charge on any atom is -0.480 e. The number of aliphatic carboxylic acids is 1. The van der Waals surface area contributed by atoms with Crippen LogP contribution in [-0.4, -0.2) is 38.8 Å². The number of hydrogen-bond acceptors (Lipinski definition) is 3. The molecule has 0 amide bonds. The number of para-hydroxylation sites is 1. The number of carboxylic acids is 1. The lowest BCUT2D eigenvalue weighted by Crippen LogP contribution is -2.29. The first kappa shape index (κ1) is 14.3. The second-order valence-corrected chi connectivity index (χ2v) is 4.63. The van der Waals surface area contributed by atoms with E-state index in [0.29, 0.717) is 13.1 Å². The molecule has 0 saturated carbocycles. The maximum Gasteiger partial charge on any atom is 0.317 e. The summed E-state index contributed by atoms with van der Waals surface area (Å²) in [7, 11) is 0. The molecular weight excluding hydrogens is 254 g/mol. The highest BCUT2D eigenvalue weighted by Gasteiger charge is 2.14. The summed E-state index contributed by atoms with van der Waals surface area (Å²) in [4.78, 5) is 12.7. The van der Waals surface area contributed by atoms with Gasteiger partial charge in [-0.3, -0.25) is 14.4 Å². The molecule has 106 valence electrons. The maximum absolute atomic E-state index is 10.9. The molecule has 0 radical (unpaired) electrons. The van der Waals surface area contributed by atoms with Crippen LogP contribution in [0.15, 0.2) is 36.9 Å². The van der Waals surface area contributed by atoms with Gasteiger partial charge < -0.3 is 5.11 Å². The van der Waals surface area contributed by atoms with Crippen molar-refractivity contribution in [1.29, 1.82) is 0 Å². The van der Waals surface area contributed by atoms with E-state index in [-0.39, 0.29) is 6.54 Å². The van der Waals surface area contributed by atoms with Gasteiger partial charge in [-0.15, -0.1) is 6.58 Å². The number of fused-ring (bicyclic) bond motifs is 1. The van der Waals surface area contributed by atoms with E-state index < -0.39 is 5.97 Å². The smallest absolute Gasteiger partial charge is 0.317 e. The van der Waals surface area contributed by atoms with Gasteiger partial charge in [0.2, 0.25) is 0 Å². The van der Waals surface area contributed by atoms with Gasteiger partial charge in [0.15, 0.2) is 0 Å². The second kappa shape index (κ2) is 6.34. The number of aryl methyl sites for hydroxylation is 1. The summed E-state index contributed by atoms with van der Waals surface area (Å²) < 4.78 is 1.94. The van der Waals surface area contributed by atoms with Crippen LogP contribution >= 0.6 is 0 Å². The Labute approximate surface area is 118 Å². The topological polar surface area (TPSA) is 58.4 Å². The van der Waals surface area contributed by atoms with Crippen molar-refractivity contribution in [2.24, 2.45) is 0 Å². The molecule has 0 aliphatic carbocycles. The number of rotatable bonds is 7. The second-order valence-electron chi connectivity index (χ2n) is 4.63. The SMILES string of the molecule is C=CCN(CC(=O)O)Cc1nn(CC)c2ccccc12. The Hall–Kier alpha value is -2.14. The van der Waals surface area contributed by atoms with Crippen LogP contribution in [0.5, 0.6) is 0 Å². The van der Waals surface area contributed by atoms with Gasteiger partial charge in [0.1, 0.15) is 0 Å². The fourth-order valence-corrected chi connectivity index (χ4v) is 2.32. The molecule has 0 unspecified atom stereocenters. The maximum atomic E-state index is 10.9. The Balaban J connectivity index is 2.31. The Morgan fingerprint density at radius 2 is 2.25 bits per heavy atom.